The van der Waals surface area contributed by atoms with Crippen LogP contribution >= 0.6 is 11.3 Å². The van der Waals surface area contributed by atoms with Crippen LogP contribution in [0.3, 0.4) is 0 Å². The Labute approximate surface area is 231 Å². The summed E-state index contributed by atoms with van der Waals surface area (Å²) in [6.07, 6.45) is 4.13. The third-order valence-corrected chi connectivity index (χ3v) is 11.0. The maximum Gasteiger partial charge on any atom is 0.239 e. The number of hydrogen-bond donors (Lipinski definition) is 0. The molecular formula is C33H28N2O3S. The highest BCUT2D eigenvalue weighted by Gasteiger charge is 2.80. The average molecular weight is 533 g/mol. The van der Waals surface area contributed by atoms with Crippen LogP contribution in [0.1, 0.15) is 60.2 Å². The van der Waals surface area contributed by atoms with Crippen LogP contribution < -0.4 is 4.90 Å². The zero-order chi connectivity index (χ0) is 27.1. The van der Waals surface area contributed by atoms with Gasteiger partial charge in [-0.15, -0.1) is 11.3 Å². The van der Waals surface area contributed by atoms with Crippen LogP contribution in [0.2, 0.25) is 0 Å². The molecule has 2 amide bonds. The number of carbonyl (C=O) groups excluding carboxylic acids is 3. The third kappa shape index (κ3) is 2.81. The number of thiophene rings is 1. The Morgan fingerprint density at radius 2 is 1.49 bits per heavy atom. The van der Waals surface area contributed by atoms with E-state index in [4.69, 9.17) is 0 Å². The number of anilines is 1. The number of amides is 2. The Balaban J connectivity index is 1.48. The Kier molecular flexibility index (Phi) is 5.18. The second kappa shape index (κ2) is 8.34. The van der Waals surface area contributed by atoms with Crippen molar-refractivity contribution in [2.24, 2.45) is 22.7 Å². The minimum Gasteiger partial charge on any atom is -0.298 e. The van der Waals surface area contributed by atoms with Gasteiger partial charge in [0.1, 0.15) is 11.1 Å². The van der Waals surface area contributed by atoms with Gasteiger partial charge in [0, 0.05) is 4.88 Å². The van der Waals surface area contributed by atoms with Gasteiger partial charge in [-0.2, -0.15) is 5.26 Å². The summed E-state index contributed by atoms with van der Waals surface area (Å²) in [7, 11) is 0. The monoisotopic (exact) mass is 532 g/mol. The van der Waals surface area contributed by atoms with Crippen molar-refractivity contribution in [2.45, 2.75) is 46.0 Å². The number of aryl methyl sites for hydroxylation is 1. The molecule has 2 heterocycles. The number of rotatable bonds is 4. The standard InChI is InChI=1S/C33H28N2O3S/c1-3-33-25(20-14-8-5-9-15-20)24(19-12-6-4-7-13-19)32(2,31(33)38)26-27(33)29(37)35(28(26)36)30-22(18-34)21-16-10-11-17-23(21)39-30/h4-9,12-15,26-27H,3,10-11,16-17H2,1-2H3/t26-,27-,32-,33+/m0/s1. The van der Waals surface area contributed by atoms with Gasteiger partial charge in [0.15, 0.2) is 5.78 Å². The predicted octanol–water partition coefficient (Wildman–Crippen LogP) is 6.21. The predicted molar refractivity (Wildman–Crippen MR) is 151 cm³/mol. The fourth-order valence-electron chi connectivity index (χ4n) is 8.15. The number of hydrogen-bond acceptors (Lipinski definition) is 5. The molecule has 194 valence electrons. The first-order valence-electron chi connectivity index (χ1n) is 13.7. The third-order valence-electron chi connectivity index (χ3n) is 9.70. The van der Waals surface area contributed by atoms with E-state index in [9.17, 15) is 19.6 Å². The zero-order valence-corrected chi connectivity index (χ0v) is 22.8. The molecule has 0 N–H and O–H groups in total. The van der Waals surface area contributed by atoms with Crippen LogP contribution in [0.15, 0.2) is 60.7 Å². The van der Waals surface area contributed by atoms with Gasteiger partial charge in [-0.05, 0) is 66.9 Å². The fraction of sp³-hybridized carbons (Fsp3) is 0.333. The first-order chi connectivity index (χ1) is 18.9. The molecule has 0 unspecified atom stereocenters. The van der Waals surface area contributed by atoms with E-state index in [0.29, 0.717) is 17.0 Å². The van der Waals surface area contributed by atoms with Gasteiger partial charge >= 0.3 is 0 Å². The molecule has 39 heavy (non-hydrogen) atoms. The summed E-state index contributed by atoms with van der Waals surface area (Å²) < 4.78 is 0. The van der Waals surface area contributed by atoms with Gasteiger partial charge < -0.3 is 0 Å². The molecule has 3 aromatic rings. The van der Waals surface area contributed by atoms with Gasteiger partial charge in [0.25, 0.3) is 0 Å². The highest BCUT2D eigenvalue weighted by Crippen LogP contribution is 2.74. The molecule has 1 aliphatic heterocycles. The summed E-state index contributed by atoms with van der Waals surface area (Å²) in [6.45, 7) is 3.84. The number of Topliss-reactive ketones (excluding diaryl/α,β-unsaturated/α-hetero) is 1. The van der Waals surface area contributed by atoms with E-state index >= 15 is 0 Å². The molecular weight excluding hydrogens is 504 g/mol. The highest BCUT2D eigenvalue weighted by atomic mass is 32.1. The van der Waals surface area contributed by atoms with Gasteiger partial charge in [0.2, 0.25) is 11.8 Å². The maximum atomic E-state index is 14.6. The molecule has 2 bridgehead atoms. The largest absolute Gasteiger partial charge is 0.298 e. The van der Waals surface area contributed by atoms with E-state index in [1.165, 1.54) is 16.2 Å². The maximum absolute atomic E-state index is 14.6. The molecule has 4 atom stereocenters. The number of ketones is 1. The van der Waals surface area contributed by atoms with E-state index in [0.717, 1.165) is 58.4 Å². The SMILES string of the molecule is CC[C@@]12C(=O)[C@@](C)(C(c3ccccc3)=C1c1ccccc1)[C@@H]1C(=O)N(c3sc4c(c3C#N)CCCC4)C(=O)[C@H]12. The van der Waals surface area contributed by atoms with Crippen molar-refractivity contribution in [3.8, 4) is 6.07 Å². The summed E-state index contributed by atoms with van der Waals surface area (Å²) in [6, 6.07) is 22.0. The quantitative estimate of drug-likeness (QED) is 0.374. The molecule has 1 aromatic heterocycles. The Morgan fingerprint density at radius 3 is 2.10 bits per heavy atom. The zero-order valence-electron chi connectivity index (χ0n) is 22.0. The number of benzene rings is 2. The van der Waals surface area contributed by atoms with Crippen LogP contribution in [-0.4, -0.2) is 17.6 Å². The molecule has 7 rings (SSSR count). The van der Waals surface area contributed by atoms with Gasteiger partial charge in [-0.3, -0.25) is 14.4 Å². The topological polar surface area (TPSA) is 78.2 Å². The van der Waals surface area contributed by atoms with Crippen molar-refractivity contribution in [1.29, 1.82) is 5.26 Å². The molecule has 1 saturated heterocycles. The number of allylic oxidation sites excluding steroid dienone is 2. The van der Waals surface area contributed by atoms with E-state index in [1.807, 2.05) is 74.5 Å². The fourth-order valence-corrected chi connectivity index (χ4v) is 9.50. The van der Waals surface area contributed by atoms with Crippen molar-refractivity contribution in [2.75, 3.05) is 4.90 Å². The molecule has 6 heteroatoms. The lowest BCUT2D eigenvalue weighted by atomic mass is 9.62. The summed E-state index contributed by atoms with van der Waals surface area (Å²) in [5.41, 5.74) is 2.74. The van der Waals surface area contributed by atoms with Crippen molar-refractivity contribution < 1.29 is 14.4 Å². The lowest BCUT2D eigenvalue weighted by Gasteiger charge is -2.37. The van der Waals surface area contributed by atoms with E-state index in [2.05, 4.69) is 6.07 Å². The smallest absolute Gasteiger partial charge is 0.239 e. The molecule has 2 aromatic carbocycles. The second-order valence-corrected chi connectivity index (χ2v) is 12.4. The lowest BCUT2D eigenvalue weighted by molar-refractivity contribution is -0.134. The Bertz CT molecular complexity index is 1650. The van der Waals surface area contributed by atoms with Crippen LogP contribution in [0.4, 0.5) is 5.00 Å². The molecule has 5 nitrogen and oxygen atoms in total. The minimum atomic E-state index is -1.15. The number of carbonyl (C=O) groups is 3. The average Bonchev–Trinajstić information content (AvgIpc) is 3.59. The lowest BCUT2D eigenvalue weighted by Crippen LogP contribution is -2.41. The first-order valence-corrected chi connectivity index (χ1v) is 14.6. The molecule has 3 aliphatic carbocycles. The van der Waals surface area contributed by atoms with Crippen LogP contribution in [0, 0.1) is 34.0 Å². The van der Waals surface area contributed by atoms with Crippen LogP contribution in [0.25, 0.3) is 11.1 Å². The van der Waals surface area contributed by atoms with Crippen molar-refractivity contribution in [3.05, 3.63) is 87.8 Å². The Morgan fingerprint density at radius 1 is 0.897 bits per heavy atom. The van der Waals surface area contributed by atoms with Gasteiger partial charge in [0.05, 0.1) is 28.2 Å². The van der Waals surface area contributed by atoms with Gasteiger partial charge in [-0.1, -0.05) is 67.6 Å². The number of imide groups is 1. The van der Waals surface area contributed by atoms with Crippen molar-refractivity contribution >= 4 is 45.1 Å². The summed E-state index contributed by atoms with van der Waals surface area (Å²) in [5, 5.41) is 10.6. The summed E-state index contributed by atoms with van der Waals surface area (Å²) >= 11 is 1.42. The number of fused-ring (bicyclic) bond motifs is 6. The van der Waals surface area contributed by atoms with Gasteiger partial charge in [-0.25, -0.2) is 4.90 Å². The molecule has 0 radical (unpaired) electrons. The molecule has 4 aliphatic rings. The first kappa shape index (κ1) is 24.2. The number of nitrogens with zero attached hydrogens (tertiary/aromatic N) is 2. The summed E-state index contributed by atoms with van der Waals surface area (Å²) in [5.74, 6) is -2.30. The molecule has 0 spiro atoms. The minimum absolute atomic E-state index is 0.0301. The van der Waals surface area contributed by atoms with E-state index in [-0.39, 0.29) is 17.6 Å². The normalized spacial score (nSPS) is 29.2. The van der Waals surface area contributed by atoms with E-state index in [1.54, 1.807) is 0 Å². The molecule has 1 saturated carbocycles. The van der Waals surface area contributed by atoms with Crippen LogP contribution in [0.5, 0.6) is 0 Å². The highest BCUT2D eigenvalue weighted by molar-refractivity contribution is 7.17. The summed E-state index contributed by atoms with van der Waals surface area (Å²) in [4.78, 5) is 45.9. The molecule has 2 fully saturated rings. The van der Waals surface area contributed by atoms with Crippen molar-refractivity contribution in [3.63, 3.8) is 0 Å². The number of nitriles is 1. The second-order valence-electron chi connectivity index (χ2n) is 11.3. The van der Waals surface area contributed by atoms with E-state index < -0.39 is 22.7 Å². The van der Waals surface area contributed by atoms with Crippen molar-refractivity contribution in [1.82, 2.24) is 0 Å². The van der Waals surface area contributed by atoms with Crippen LogP contribution in [-0.2, 0) is 27.2 Å². The Hall–Kier alpha value is -3.82.